The Bertz CT molecular complexity index is 1060. The highest BCUT2D eigenvalue weighted by atomic mass is 16.6. The second-order valence-electron chi connectivity index (χ2n) is 6.88. The molecular weight excluding hydrogens is 350 g/mol. The first kappa shape index (κ1) is 17.2. The summed E-state index contributed by atoms with van der Waals surface area (Å²) in [5, 5.41) is 22.6. The van der Waals surface area contributed by atoms with Crippen molar-refractivity contribution in [3.63, 3.8) is 0 Å². The van der Waals surface area contributed by atoms with Gasteiger partial charge < -0.3 is 4.42 Å². The van der Waals surface area contributed by atoms with Crippen LogP contribution in [0.3, 0.4) is 0 Å². The fraction of sp³-hybridized carbons (Fsp3) is 0.263. The van der Waals surface area contributed by atoms with Crippen molar-refractivity contribution < 1.29 is 14.3 Å². The van der Waals surface area contributed by atoms with E-state index < -0.39 is 4.92 Å². The molecule has 3 aromatic rings. The molecule has 0 radical (unpaired) electrons. The van der Waals surface area contributed by atoms with E-state index in [9.17, 15) is 20.2 Å². The molecule has 1 aromatic heterocycles. The van der Waals surface area contributed by atoms with Crippen molar-refractivity contribution >= 4 is 22.3 Å². The lowest BCUT2D eigenvalue weighted by molar-refractivity contribution is -0.385. The highest BCUT2D eigenvalue weighted by Crippen LogP contribution is 2.30. The summed E-state index contributed by atoms with van der Waals surface area (Å²) in [6.45, 7) is 0.559. The quantitative estimate of drug-likeness (QED) is 0.501. The first-order valence-corrected chi connectivity index (χ1v) is 8.54. The second-order valence-corrected chi connectivity index (χ2v) is 6.88. The molecule has 0 N–H and O–H groups in total. The molecule has 0 fully saturated rings. The van der Waals surface area contributed by atoms with Crippen LogP contribution in [0.15, 0.2) is 46.9 Å². The third-order valence-corrected chi connectivity index (χ3v) is 5.10. The van der Waals surface area contributed by atoms with Crippen molar-refractivity contribution in [3.05, 3.63) is 79.6 Å². The van der Waals surface area contributed by atoms with E-state index in [1.807, 2.05) is 19.2 Å². The maximum Gasteiger partial charge on any atom is 0.270 e. The minimum atomic E-state index is -0.423. The van der Waals surface area contributed by atoms with Crippen LogP contribution in [0.4, 0.5) is 11.4 Å². The number of hydrogen-bond donors (Lipinski definition) is 0. The van der Waals surface area contributed by atoms with E-state index in [1.54, 1.807) is 18.2 Å². The first-order valence-electron chi connectivity index (χ1n) is 8.54. The Morgan fingerprint density at radius 2 is 1.67 bits per heavy atom. The Morgan fingerprint density at radius 1 is 1.00 bits per heavy atom. The first-order chi connectivity index (χ1) is 12.9. The third kappa shape index (κ3) is 3.26. The summed E-state index contributed by atoms with van der Waals surface area (Å²) in [7, 11) is 1.99. The molecule has 0 aliphatic heterocycles. The molecule has 1 unspecified atom stereocenters. The van der Waals surface area contributed by atoms with Crippen molar-refractivity contribution in [3.8, 4) is 0 Å². The third-order valence-electron chi connectivity index (χ3n) is 5.10. The van der Waals surface area contributed by atoms with Crippen LogP contribution in [0.25, 0.3) is 11.0 Å². The maximum atomic E-state index is 10.9. The molecule has 8 heteroatoms. The van der Waals surface area contributed by atoms with Crippen molar-refractivity contribution in [1.29, 1.82) is 0 Å². The van der Waals surface area contributed by atoms with Crippen LogP contribution in [0.1, 0.15) is 16.9 Å². The van der Waals surface area contributed by atoms with Gasteiger partial charge in [-0.15, -0.1) is 0 Å². The molecule has 2 aromatic carbocycles. The number of nitro groups is 2. The summed E-state index contributed by atoms with van der Waals surface area (Å²) < 4.78 is 5.81. The average Bonchev–Trinajstić information content (AvgIpc) is 3.23. The summed E-state index contributed by atoms with van der Waals surface area (Å²) >= 11 is 0. The van der Waals surface area contributed by atoms with E-state index in [1.165, 1.54) is 12.1 Å². The van der Waals surface area contributed by atoms with Gasteiger partial charge in [-0.1, -0.05) is 6.07 Å². The summed E-state index contributed by atoms with van der Waals surface area (Å²) in [4.78, 5) is 23.2. The lowest BCUT2D eigenvalue weighted by Crippen LogP contribution is -2.31. The van der Waals surface area contributed by atoms with E-state index in [-0.39, 0.29) is 22.3 Å². The van der Waals surface area contributed by atoms with Gasteiger partial charge in [0.25, 0.3) is 11.4 Å². The topological polar surface area (TPSA) is 103 Å². The largest absolute Gasteiger partial charge is 0.460 e. The average molecular weight is 367 g/mol. The van der Waals surface area contributed by atoms with Crippen LogP contribution >= 0.6 is 0 Å². The molecular formula is C19H17N3O5. The number of nitrogens with zero attached hydrogens (tertiary/aromatic N) is 3. The molecule has 1 heterocycles. The zero-order valence-electron chi connectivity index (χ0n) is 14.6. The zero-order valence-corrected chi connectivity index (χ0v) is 14.6. The van der Waals surface area contributed by atoms with E-state index in [4.69, 9.17) is 4.42 Å². The number of rotatable bonds is 5. The fourth-order valence-corrected chi connectivity index (χ4v) is 3.66. The predicted octanol–water partition coefficient (Wildman–Crippen LogP) is 3.85. The van der Waals surface area contributed by atoms with Crippen LogP contribution in [0.2, 0.25) is 0 Å². The van der Waals surface area contributed by atoms with Gasteiger partial charge in [-0.3, -0.25) is 25.1 Å². The van der Waals surface area contributed by atoms with Gasteiger partial charge in [0, 0.05) is 35.7 Å². The number of non-ortho nitro benzene ring substituents is 2. The Morgan fingerprint density at radius 3 is 2.41 bits per heavy atom. The van der Waals surface area contributed by atoms with Gasteiger partial charge in [-0.2, -0.15) is 0 Å². The van der Waals surface area contributed by atoms with Gasteiger partial charge in [-0.25, -0.2) is 0 Å². The van der Waals surface area contributed by atoms with Crippen LogP contribution < -0.4 is 0 Å². The van der Waals surface area contributed by atoms with E-state index in [0.29, 0.717) is 17.5 Å². The van der Waals surface area contributed by atoms with Crippen molar-refractivity contribution in [1.82, 2.24) is 4.90 Å². The Hall–Kier alpha value is -3.26. The minimum absolute atomic E-state index is 0.0380. The molecule has 1 aliphatic carbocycles. The summed E-state index contributed by atoms with van der Waals surface area (Å²) in [5.74, 6) is 0.731. The molecule has 138 valence electrons. The smallest absolute Gasteiger partial charge is 0.270 e. The minimum Gasteiger partial charge on any atom is -0.460 e. The van der Waals surface area contributed by atoms with Crippen LogP contribution in [-0.4, -0.2) is 27.8 Å². The van der Waals surface area contributed by atoms with E-state index in [0.717, 1.165) is 29.7 Å². The number of benzene rings is 2. The molecule has 1 atom stereocenters. The highest BCUT2D eigenvalue weighted by molar-refractivity contribution is 5.80. The fourth-order valence-electron chi connectivity index (χ4n) is 3.66. The van der Waals surface area contributed by atoms with Gasteiger partial charge in [0.15, 0.2) is 0 Å². The molecule has 8 nitrogen and oxygen atoms in total. The van der Waals surface area contributed by atoms with Crippen LogP contribution in [-0.2, 0) is 19.4 Å². The SMILES string of the molecule is CN(Cc1cc2cc([N+](=O)[O-])ccc2o1)C1Cc2ccc([N+](=O)[O-])cc2C1. The lowest BCUT2D eigenvalue weighted by atomic mass is 10.1. The molecule has 0 bridgehead atoms. The number of fused-ring (bicyclic) bond motifs is 2. The number of hydrogen-bond acceptors (Lipinski definition) is 6. The zero-order chi connectivity index (χ0) is 19.1. The Labute approximate surface area is 154 Å². The number of likely N-dealkylation sites (N-methyl/N-ethyl adjacent to an activating group) is 1. The maximum absolute atomic E-state index is 10.9. The molecule has 0 amide bonds. The highest BCUT2D eigenvalue weighted by Gasteiger charge is 2.27. The number of furan rings is 1. The molecule has 0 spiro atoms. The second kappa shape index (κ2) is 6.48. The monoisotopic (exact) mass is 367 g/mol. The normalized spacial score (nSPS) is 16.0. The molecule has 1 aliphatic rings. The summed E-state index contributed by atoms with van der Waals surface area (Å²) in [6.07, 6.45) is 1.58. The van der Waals surface area contributed by atoms with Crippen molar-refractivity contribution in [2.75, 3.05) is 7.05 Å². The van der Waals surface area contributed by atoms with Crippen LogP contribution in [0, 0.1) is 20.2 Å². The Kier molecular flexibility index (Phi) is 4.12. The van der Waals surface area contributed by atoms with Gasteiger partial charge in [0.1, 0.15) is 11.3 Å². The van der Waals surface area contributed by atoms with Crippen molar-refractivity contribution in [2.24, 2.45) is 0 Å². The molecule has 27 heavy (non-hydrogen) atoms. The predicted molar refractivity (Wildman–Crippen MR) is 98.6 cm³/mol. The van der Waals surface area contributed by atoms with Crippen molar-refractivity contribution in [2.45, 2.75) is 25.4 Å². The molecule has 0 saturated carbocycles. The summed E-state index contributed by atoms with van der Waals surface area (Å²) in [5.41, 5.74) is 2.93. The standard InChI is InChI=1S/C19H17N3O5/c1-20(17-6-12-2-3-15(21(23)24)7-13(12)8-17)11-18-10-14-9-16(22(25)26)4-5-19(14)27-18/h2-5,7,9-10,17H,6,8,11H2,1H3. The summed E-state index contributed by atoms with van der Waals surface area (Å²) in [6, 6.07) is 11.6. The molecule has 0 saturated heterocycles. The molecule has 4 rings (SSSR count). The Balaban J connectivity index is 1.49. The van der Waals surface area contributed by atoms with Gasteiger partial charge in [-0.05, 0) is 43.1 Å². The van der Waals surface area contributed by atoms with E-state index in [2.05, 4.69) is 4.90 Å². The number of nitro benzene ring substituents is 2. The van der Waals surface area contributed by atoms with Gasteiger partial charge >= 0.3 is 0 Å². The van der Waals surface area contributed by atoms with E-state index >= 15 is 0 Å². The van der Waals surface area contributed by atoms with Gasteiger partial charge in [0.05, 0.1) is 16.4 Å². The van der Waals surface area contributed by atoms with Crippen LogP contribution in [0.5, 0.6) is 0 Å². The van der Waals surface area contributed by atoms with Gasteiger partial charge in [0.2, 0.25) is 0 Å². The lowest BCUT2D eigenvalue weighted by Gasteiger charge is -2.22.